The van der Waals surface area contributed by atoms with E-state index in [2.05, 4.69) is 19.2 Å². The predicted molar refractivity (Wildman–Crippen MR) is 114 cm³/mol. The summed E-state index contributed by atoms with van der Waals surface area (Å²) in [4.78, 5) is 12.8. The van der Waals surface area contributed by atoms with E-state index < -0.39 is 0 Å². The summed E-state index contributed by atoms with van der Waals surface area (Å²) in [5.74, 6) is 1.17. The molecule has 28 heavy (non-hydrogen) atoms. The average Bonchev–Trinajstić information content (AvgIpc) is 3.03. The molecule has 5 heteroatoms. The van der Waals surface area contributed by atoms with E-state index in [9.17, 15) is 4.79 Å². The van der Waals surface area contributed by atoms with Crippen molar-refractivity contribution in [2.24, 2.45) is 11.8 Å². The first-order valence-electron chi connectivity index (χ1n) is 10.0. The fourth-order valence-electron chi connectivity index (χ4n) is 4.26. The van der Waals surface area contributed by atoms with Crippen molar-refractivity contribution in [2.45, 2.75) is 45.7 Å². The normalized spacial score (nSPS) is 22.3. The van der Waals surface area contributed by atoms with E-state index in [1.165, 1.54) is 12.8 Å². The summed E-state index contributed by atoms with van der Waals surface area (Å²) < 4.78 is 1.79. The molecule has 0 saturated heterocycles. The van der Waals surface area contributed by atoms with E-state index in [-0.39, 0.29) is 18.5 Å². The summed E-state index contributed by atoms with van der Waals surface area (Å²) >= 11 is 6.24. The summed E-state index contributed by atoms with van der Waals surface area (Å²) in [6.07, 6.45) is 3.48. The van der Waals surface area contributed by atoms with Crippen LogP contribution in [0, 0.1) is 11.8 Å². The molecule has 2 aromatic carbocycles. The van der Waals surface area contributed by atoms with Crippen molar-refractivity contribution >= 4 is 28.4 Å². The Bertz CT molecular complexity index is 982. The number of halogens is 1. The van der Waals surface area contributed by atoms with E-state index in [4.69, 9.17) is 16.7 Å². The first kappa shape index (κ1) is 19.0. The van der Waals surface area contributed by atoms with Crippen LogP contribution < -0.4 is 5.32 Å². The second kappa shape index (κ2) is 7.96. The molecule has 1 saturated carbocycles. The molecule has 3 atom stereocenters. The van der Waals surface area contributed by atoms with E-state index in [0.717, 1.165) is 28.6 Å². The van der Waals surface area contributed by atoms with Gasteiger partial charge in [-0.05, 0) is 36.5 Å². The van der Waals surface area contributed by atoms with Gasteiger partial charge in [0.2, 0.25) is 5.91 Å². The van der Waals surface area contributed by atoms with Gasteiger partial charge in [0, 0.05) is 22.0 Å². The van der Waals surface area contributed by atoms with Gasteiger partial charge in [-0.3, -0.25) is 9.48 Å². The number of carbonyl (C=O) groups excluding carboxylic acids is 1. The summed E-state index contributed by atoms with van der Waals surface area (Å²) in [5.41, 5.74) is 2.79. The molecule has 0 radical (unpaired) electrons. The third-order valence-electron chi connectivity index (χ3n) is 6.11. The number of nitrogens with zero attached hydrogens (tertiary/aromatic N) is 2. The van der Waals surface area contributed by atoms with Gasteiger partial charge < -0.3 is 5.32 Å². The fraction of sp³-hybridized carbons (Fsp3) is 0.391. The molecule has 0 spiro atoms. The minimum Gasteiger partial charge on any atom is -0.351 e. The molecule has 1 aliphatic carbocycles. The third kappa shape index (κ3) is 3.79. The van der Waals surface area contributed by atoms with Gasteiger partial charge in [-0.1, -0.05) is 68.6 Å². The van der Waals surface area contributed by atoms with Crippen LogP contribution in [-0.4, -0.2) is 21.7 Å². The van der Waals surface area contributed by atoms with Gasteiger partial charge in [0.05, 0.1) is 5.52 Å². The summed E-state index contributed by atoms with van der Waals surface area (Å²) in [6.45, 7) is 4.73. The molecule has 1 aromatic heterocycles. The van der Waals surface area contributed by atoms with Crippen LogP contribution >= 0.6 is 11.6 Å². The van der Waals surface area contributed by atoms with Gasteiger partial charge in [0.15, 0.2) is 0 Å². The number of amides is 1. The van der Waals surface area contributed by atoms with Gasteiger partial charge >= 0.3 is 0 Å². The Morgan fingerprint density at radius 2 is 1.96 bits per heavy atom. The monoisotopic (exact) mass is 395 g/mol. The maximum atomic E-state index is 12.8. The van der Waals surface area contributed by atoms with Crippen LogP contribution in [0.5, 0.6) is 0 Å². The number of hydrogen-bond donors (Lipinski definition) is 1. The topological polar surface area (TPSA) is 46.9 Å². The third-order valence-corrected chi connectivity index (χ3v) is 6.34. The molecule has 1 fully saturated rings. The number of carbonyl (C=O) groups is 1. The Morgan fingerprint density at radius 3 is 2.75 bits per heavy atom. The molecular weight excluding hydrogens is 370 g/mol. The minimum absolute atomic E-state index is 0.0184. The largest absolute Gasteiger partial charge is 0.351 e. The van der Waals surface area contributed by atoms with Crippen molar-refractivity contribution in [2.75, 3.05) is 0 Å². The Kier molecular flexibility index (Phi) is 5.40. The lowest BCUT2D eigenvalue weighted by Crippen LogP contribution is -2.44. The number of nitrogens with one attached hydrogen (secondary N) is 1. The predicted octanol–water partition coefficient (Wildman–Crippen LogP) is 5.30. The van der Waals surface area contributed by atoms with Crippen molar-refractivity contribution < 1.29 is 4.79 Å². The SMILES string of the molecule is C[C@H]1[C@H](C)CCC[C@@H]1NC(=O)Cn1nc(-c2ccccc2)c2cc(Cl)ccc21. The van der Waals surface area contributed by atoms with Gasteiger partial charge in [0.1, 0.15) is 12.2 Å². The number of benzene rings is 2. The van der Waals surface area contributed by atoms with E-state index >= 15 is 0 Å². The van der Waals surface area contributed by atoms with Crippen molar-refractivity contribution in [1.82, 2.24) is 15.1 Å². The van der Waals surface area contributed by atoms with E-state index in [1.54, 1.807) is 4.68 Å². The second-order valence-electron chi connectivity index (χ2n) is 7.98. The quantitative estimate of drug-likeness (QED) is 0.651. The van der Waals surface area contributed by atoms with Crippen molar-refractivity contribution in [3.8, 4) is 11.3 Å². The molecule has 3 aromatic rings. The first-order chi connectivity index (χ1) is 13.5. The molecule has 146 valence electrons. The molecule has 0 unspecified atom stereocenters. The van der Waals surface area contributed by atoms with Crippen LogP contribution in [0.25, 0.3) is 22.2 Å². The van der Waals surface area contributed by atoms with Crippen molar-refractivity contribution in [1.29, 1.82) is 0 Å². The first-order valence-corrected chi connectivity index (χ1v) is 10.4. The zero-order valence-electron chi connectivity index (χ0n) is 16.4. The molecule has 0 aliphatic heterocycles. The van der Waals surface area contributed by atoms with Crippen LogP contribution in [0.3, 0.4) is 0 Å². The van der Waals surface area contributed by atoms with Gasteiger partial charge in [-0.15, -0.1) is 0 Å². The molecule has 1 N–H and O–H groups in total. The highest BCUT2D eigenvalue weighted by molar-refractivity contribution is 6.31. The van der Waals surface area contributed by atoms with E-state index in [0.29, 0.717) is 16.9 Å². The summed E-state index contributed by atoms with van der Waals surface area (Å²) in [6, 6.07) is 16.0. The molecule has 1 amide bonds. The summed E-state index contributed by atoms with van der Waals surface area (Å²) in [5, 5.41) is 9.64. The van der Waals surface area contributed by atoms with Crippen LogP contribution in [0.2, 0.25) is 5.02 Å². The van der Waals surface area contributed by atoms with Crippen LogP contribution in [-0.2, 0) is 11.3 Å². The highest BCUT2D eigenvalue weighted by atomic mass is 35.5. The van der Waals surface area contributed by atoms with Gasteiger partial charge in [-0.25, -0.2) is 0 Å². The molecule has 4 nitrogen and oxygen atoms in total. The molecule has 1 aliphatic rings. The highest BCUT2D eigenvalue weighted by Crippen LogP contribution is 2.31. The lowest BCUT2D eigenvalue weighted by molar-refractivity contribution is -0.123. The Hall–Kier alpha value is -2.33. The molecule has 1 heterocycles. The van der Waals surface area contributed by atoms with Gasteiger partial charge in [0.25, 0.3) is 0 Å². The number of hydrogen-bond acceptors (Lipinski definition) is 2. The highest BCUT2D eigenvalue weighted by Gasteiger charge is 2.28. The molecule has 0 bridgehead atoms. The summed E-state index contributed by atoms with van der Waals surface area (Å²) in [7, 11) is 0. The minimum atomic E-state index is 0.0184. The smallest absolute Gasteiger partial charge is 0.241 e. The van der Waals surface area contributed by atoms with Crippen molar-refractivity contribution in [3.63, 3.8) is 0 Å². The maximum Gasteiger partial charge on any atom is 0.241 e. The van der Waals surface area contributed by atoms with Crippen LogP contribution in [0.15, 0.2) is 48.5 Å². The van der Waals surface area contributed by atoms with Gasteiger partial charge in [-0.2, -0.15) is 5.10 Å². The van der Waals surface area contributed by atoms with Crippen LogP contribution in [0.4, 0.5) is 0 Å². The second-order valence-corrected chi connectivity index (χ2v) is 8.41. The van der Waals surface area contributed by atoms with Crippen LogP contribution in [0.1, 0.15) is 33.1 Å². The maximum absolute atomic E-state index is 12.8. The standard InChI is InChI=1S/C23H26ClN3O/c1-15-7-6-10-20(16(15)2)25-22(28)14-27-21-12-11-18(24)13-19(21)23(26-27)17-8-4-3-5-9-17/h3-5,8-9,11-13,15-16,20H,6-7,10,14H2,1-2H3,(H,25,28)/t15-,16+,20+/m1/s1. The Labute approximate surface area is 170 Å². The fourth-order valence-corrected chi connectivity index (χ4v) is 4.43. The number of fused-ring (bicyclic) bond motifs is 1. The average molecular weight is 396 g/mol. The Balaban J connectivity index is 1.61. The molecule has 4 rings (SSSR count). The lowest BCUT2D eigenvalue weighted by atomic mass is 9.78. The zero-order valence-corrected chi connectivity index (χ0v) is 17.1. The number of rotatable bonds is 4. The van der Waals surface area contributed by atoms with Crippen molar-refractivity contribution in [3.05, 3.63) is 53.6 Å². The lowest BCUT2D eigenvalue weighted by Gasteiger charge is -2.34. The number of aromatic nitrogens is 2. The zero-order chi connectivity index (χ0) is 19.7. The molecular formula is C23H26ClN3O. The Morgan fingerprint density at radius 1 is 1.18 bits per heavy atom. The van der Waals surface area contributed by atoms with E-state index in [1.807, 2.05) is 48.5 Å².